The number of aliphatic hydroxyl groups excluding tert-OH is 6. The van der Waals surface area contributed by atoms with Gasteiger partial charge in [-0.2, -0.15) is 0 Å². The number of nitrogens with two attached hydrogens (primary N) is 5. The lowest BCUT2D eigenvalue weighted by Gasteiger charge is -2.51. The molecule has 188 valence electrons. The van der Waals surface area contributed by atoms with Crippen LogP contribution in [0, 0.1) is 5.92 Å². The number of aliphatic hydroxyl groups is 6. The smallest absolute Gasteiger partial charge is 0.186 e. The fraction of sp³-hybridized carbons (Fsp3) is 1.00. The summed E-state index contributed by atoms with van der Waals surface area (Å²) in [4.78, 5) is 0. The second-order valence-corrected chi connectivity index (χ2v) is 8.95. The molecule has 2 aliphatic heterocycles. The van der Waals surface area contributed by atoms with Crippen LogP contribution in [0.5, 0.6) is 0 Å². The fourth-order valence-corrected chi connectivity index (χ4v) is 4.89. The number of rotatable bonds is 5. The minimum Gasteiger partial charge on any atom is -0.394 e. The molecule has 0 aromatic rings. The zero-order chi connectivity index (χ0) is 23.9. The predicted octanol–water partition coefficient (Wildman–Crippen LogP) is -7.05. The van der Waals surface area contributed by atoms with Crippen molar-refractivity contribution in [2.45, 2.75) is 91.8 Å². The highest BCUT2D eigenvalue weighted by Gasteiger charge is 2.54. The molecular weight excluding hydrogens is 430 g/mol. The van der Waals surface area contributed by atoms with Crippen molar-refractivity contribution in [3.05, 3.63) is 0 Å². The van der Waals surface area contributed by atoms with Gasteiger partial charge in [0.1, 0.15) is 36.6 Å². The second-order valence-electron chi connectivity index (χ2n) is 8.95. The van der Waals surface area contributed by atoms with Crippen LogP contribution in [-0.4, -0.2) is 129 Å². The highest BCUT2D eigenvalue weighted by molar-refractivity contribution is 5.07. The number of hydrogen-bond acceptors (Lipinski definition) is 14. The molecule has 2 heterocycles. The highest BCUT2D eigenvalue weighted by Crippen LogP contribution is 2.36. The summed E-state index contributed by atoms with van der Waals surface area (Å²) in [7, 11) is 0. The third-order valence-corrected chi connectivity index (χ3v) is 6.87. The van der Waals surface area contributed by atoms with E-state index in [4.69, 9.17) is 42.9 Å². The normalized spacial score (nSPS) is 55.0. The molecule has 2 saturated heterocycles. The quantitative estimate of drug-likeness (QED) is 0.179. The summed E-state index contributed by atoms with van der Waals surface area (Å²) in [5.41, 5.74) is 30.0. The van der Waals surface area contributed by atoms with E-state index in [1.165, 1.54) is 0 Å². The Labute approximate surface area is 185 Å². The van der Waals surface area contributed by atoms with Crippen LogP contribution in [0.25, 0.3) is 0 Å². The van der Waals surface area contributed by atoms with Crippen LogP contribution in [-0.2, 0) is 14.2 Å². The van der Waals surface area contributed by atoms with Crippen LogP contribution < -0.4 is 28.7 Å². The lowest BCUT2D eigenvalue weighted by molar-refractivity contribution is -0.306. The maximum absolute atomic E-state index is 11.1. The Morgan fingerprint density at radius 1 is 0.750 bits per heavy atom. The van der Waals surface area contributed by atoms with Gasteiger partial charge in [0.05, 0.1) is 37.0 Å². The molecule has 0 aromatic carbocycles. The van der Waals surface area contributed by atoms with E-state index in [1.807, 2.05) is 0 Å². The first-order valence-corrected chi connectivity index (χ1v) is 10.7. The average molecular weight is 468 g/mol. The van der Waals surface area contributed by atoms with Gasteiger partial charge in [0.25, 0.3) is 0 Å². The van der Waals surface area contributed by atoms with Crippen molar-refractivity contribution >= 4 is 0 Å². The molecule has 14 nitrogen and oxygen atoms in total. The van der Waals surface area contributed by atoms with E-state index in [1.54, 1.807) is 0 Å². The first-order valence-electron chi connectivity index (χ1n) is 10.7. The molecule has 32 heavy (non-hydrogen) atoms. The standard InChI is InChI=1S/C18H37N5O9/c19-2-6-12(26)14(28)10(23)17(30-6)8-4(20)1-5(21)16(13(8)27)32-18-15(29)9(22)11(25)7(3-24)31-18/h4-18,24-29H,1-3,19-23H2/t4-,5+,6+,7+,8?,9-,10+,11+,12+,13-,14+,15+,16-,17+,18+/m0/s1. The summed E-state index contributed by atoms with van der Waals surface area (Å²) in [6, 6.07) is -3.71. The highest BCUT2D eigenvalue weighted by atomic mass is 16.7. The summed E-state index contributed by atoms with van der Waals surface area (Å²) >= 11 is 0. The van der Waals surface area contributed by atoms with Crippen LogP contribution in [0.2, 0.25) is 0 Å². The number of hydrogen-bond donors (Lipinski definition) is 11. The first-order chi connectivity index (χ1) is 15.0. The topological polar surface area (TPSA) is 279 Å². The van der Waals surface area contributed by atoms with Crippen molar-refractivity contribution in [1.82, 2.24) is 0 Å². The van der Waals surface area contributed by atoms with Gasteiger partial charge in [-0.15, -0.1) is 0 Å². The van der Waals surface area contributed by atoms with Gasteiger partial charge in [0.2, 0.25) is 0 Å². The van der Waals surface area contributed by atoms with E-state index < -0.39 is 97.9 Å². The Bertz CT molecular complexity index is 619. The largest absolute Gasteiger partial charge is 0.394 e. The Kier molecular flexibility index (Phi) is 8.44. The molecule has 15 atom stereocenters. The van der Waals surface area contributed by atoms with E-state index in [0.29, 0.717) is 0 Å². The molecule has 14 heteroatoms. The van der Waals surface area contributed by atoms with E-state index in [-0.39, 0.29) is 13.0 Å². The Balaban J connectivity index is 1.80. The van der Waals surface area contributed by atoms with Crippen LogP contribution in [0.1, 0.15) is 6.42 Å². The zero-order valence-electron chi connectivity index (χ0n) is 17.6. The molecule has 0 amide bonds. The van der Waals surface area contributed by atoms with Gasteiger partial charge in [-0.1, -0.05) is 0 Å². The van der Waals surface area contributed by atoms with Crippen LogP contribution in [0.4, 0.5) is 0 Å². The lowest BCUT2D eigenvalue weighted by atomic mass is 9.71. The van der Waals surface area contributed by atoms with Crippen molar-refractivity contribution in [2.24, 2.45) is 34.6 Å². The Morgan fingerprint density at radius 3 is 2.00 bits per heavy atom. The average Bonchev–Trinajstić information content (AvgIpc) is 2.76. The van der Waals surface area contributed by atoms with Crippen molar-refractivity contribution in [2.75, 3.05) is 13.2 Å². The maximum atomic E-state index is 11.1. The van der Waals surface area contributed by atoms with Crippen LogP contribution in [0.3, 0.4) is 0 Å². The summed E-state index contributed by atoms with van der Waals surface area (Å²) in [5, 5.41) is 61.4. The van der Waals surface area contributed by atoms with E-state index in [0.717, 1.165) is 0 Å². The van der Waals surface area contributed by atoms with Gasteiger partial charge < -0.3 is 73.5 Å². The van der Waals surface area contributed by atoms with Gasteiger partial charge in [0, 0.05) is 24.5 Å². The van der Waals surface area contributed by atoms with Gasteiger partial charge >= 0.3 is 0 Å². The van der Waals surface area contributed by atoms with Gasteiger partial charge in [-0.25, -0.2) is 0 Å². The number of ether oxygens (including phenoxy) is 3. The molecule has 0 spiro atoms. The third kappa shape index (κ3) is 4.67. The van der Waals surface area contributed by atoms with Gasteiger partial charge in [0.15, 0.2) is 6.29 Å². The molecule has 1 aliphatic carbocycles. The first kappa shape index (κ1) is 26.1. The molecule has 0 bridgehead atoms. The Morgan fingerprint density at radius 2 is 1.41 bits per heavy atom. The van der Waals surface area contributed by atoms with Crippen molar-refractivity contribution < 1.29 is 44.8 Å². The van der Waals surface area contributed by atoms with Crippen molar-refractivity contribution in [1.29, 1.82) is 0 Å². The lowest BCUT2D eigenvalue weighted by Crippen LogP contribution is -2.71. The molecule has 0 radical (unpaired) electrons. The fourth-order valence-electron chi connectivity index (χ4n) is 4.89. The predicted molar refractivity (Wildman–Crippen MR) is 108 cm³/mol. The minimum absolute atomic E-state index is 0.0934. The van der Waals surface area contributed by atoms with E-state index in [2.05, 4.69) is 0 Å². The van der Waals surface area contributed by atoms with Crippen LogP contribution >= 0.6 is 0 Å². The molecule has 3 aliphatic rings. The summed E-state index contributed by atoms with van der Waals surface area (Å²) in [6.07, 6.45) is -12.1. The summed E-state index contributed by atoms with van der Waals surface area (Å²) in [6.45, 7) is -0.663. The van der Waals surface area contributed by atoms with Gasteiger partial charge in [-0.3, -0.25) is 0 Å². The maximum Gasteiger partial charge on any atom is 0.186 e. The summed E-state index contributed by atoms with van der Waals surface area (Å²) in [5.74, 6) is -0.861. The van der Waals surface area contributed by atoms with Crippen molar-refractivity contribution in [3.63, 3.8) is 0 Å². The minimum atomic E-state index is -1.46. The summed E-state index contributed by atoms with van der Waals surface area (Å²) < 4.78 is 17.0. The van der Waals surface area contributed by atoms with Gasteiger partial charge in [-0.05, 0) is 6.42 Å². The molecule has 1 unspecified atom stereocenters. The molecule has 1 saturated carbocycles. The van der Waals surface area contributed by atoms with E-state index in [9.17, 15) is 30.6 Å². The monoisotopic (exact) mass is 467 g/mol. The molecular formula is C18H37N5O9. The Hall–Kier alpha value is -0.560. The third-order valence-electron chi connectivity index (χ3n) is 6.87. The molecule has 3 rings (SSSR count). The van der Waals surface area contributed by atoms with Crippen molar-refractivity contribution in [3.8, 4) is 0 Å². The second kappa shape index (κ2) is 10.4. The SMILES string of the molecule is NC[C@H]1O[C@H](C2[C@@H](N)C[C@@H](N)[C@H](O[C@H]3O[C@H](CO)[C@@H](O)[C@H](N)[C@H]3O)[C@H]2O)[C@H](N)[C@@H](O)[C@@H]1O. The molecule has 3 fully saturated rings. The molecule has 0 aromatic heterocycles. The zero-order valence-corrected chi connectivity index (χ0v) is 17.6. The molecule has 16 N–H and O–H groups in total. The van der Waals surface area contributed by atoms with Crippen LogP contribution in [0.15, 0.2) is 0 Å². The van der Waals surface area contributed by atoms with E-state index >= 15 is 0 Å².